The number of halogens is 1. The van der Waals surface area contributed by atoms with Crippen LogP contribution in [0.15, 0.2) is 42.6 Å². The third kappa shape index (κ3) is 7.47. The summed E-state index contributed by atoms with van der Waals surface area (Å²) in [5.41, 5.74) is 1.30. The summed E-state index contributed by atoms with van der Waals surface area (Å²) in [6.07, 6.45) is 9.11. The standard InChI is InChI=1S/C32H39FN6O4/c1-4-24-22-38(13-14-39(24)31(40)7-6-12-37-15-17-42-18-16-37)32-26-20-25(43-5-2)9-10-28(26)35-30(36-32)11-8-23-19-29(41-3)27(33)21-34-23/h6-11,19-21,24H,4-5,12-18,22H2,1-3H3/b7-6+,11-8+/t24-/m0/s1. The van der Waals surface area contributed by atoms with Crippen molar-refractivity contribution in [3.05, 3.63) is 59.9 Å². The Morgan fingerprint density at radius 1 is 1.12 bits per heavy atom. The summed E-state index contributed by atoms with van der Waals surface area (Å²) in [6.45, 7) is 10.5. The van der Waals surface area contributed by atoms with Gasteiger partial charge in [-0.3, -0.25) is 14.7 Å². The number of morpholine rings is 1. The monoisotopic (exact) mass is 590 g/mol. The van der Waals surface area contributed by atoms with Crippen LogP contribution >= 0.6 is 0 Å². The molecule has 1 aromatic carbocycles. The number of anilines is 1. The maximum absolute atomic E-state index is 13.8. The molecule has 11 heteroatoms. The van der Waals surface area contributed by atoms with Crippen molar-refractivity contribution < 1.29 is 23.4 Å². The van der Waals surface area contributed by atoms with Crippen LogP contribution in [-0.2, 0) is 9.53 Å². The first kappa shape index (κ1) is 30.4. The van der Waals surface area contributed by atoms with Crippen molar-refractivity contribution in [2.75, 3.05) is 71.1 Å². The van der Waals surface area contributed by atoms with E-state index in [2.05, 4.69) is 21.7 Å². The molecule has 0 N–H and O–H groups in total. The number of rotatable bonds is 10. The molecule has 2 aliphatic rings. The van der Waals surface area contributed by atoms with Crippen LogP contribution in [0.5, 0.6) is 11.5 Å². The second kappa shape index (κ2) is 14.4. The molecule has 2 aromatic heterocycles. The maximum Gasteiger partial charge on any atom is 0.246 e. The Morgan fingerprint density at radius 2 is 1.95 bits per heavy atom. The average molecular weight is 591 g/mol. The molecule has 2 saturated heterocycles. The Balaban J connectivity index is 1.38. The van der Waals surface area contributed by atoms with Gasteiger partial charge in [-0.15, -0.1) is 0 Å². The predicted molar refractivity (Wildman–Crippen MR) is 165 cm³/mol. The van der Waals surface area contributed by atoms with Crippen LogP contribution in [0.1, 0.15) is 31.8 Å². The van der Waals surface area contributed by atoms with Crippen molar-refractivity contribution in [2.24, 2.45) is 0 Å². The molecule has 0 spiro atoms. The summed E-state index contributed by atoms with van der Waals surface area (Å²) >= 11 is 0. The third-order valence-corrected chi connectivity index (χ3v) is 7.70. The normalized spacial score (nSPS) is 18.2. The fraction of sp³-hybridized carbons (Fsp3) is 0.438. The Bertz CT molecular complexity index is 1480. The molecular weight excluding hydrogens is 551 g/mol. The fourth-order valence-electron chi connectivity index (χ4n) is 5.39. The number of ether oxygens (including phenoxy) is 3. The Hall–Kier alpha value is -4.09. The lowest BCUT2D eigenvalue weighted by Gasteiger charge is -2.41. The van der Waals surface area contributed by atoms with Gasteiger partial charge in [-0.1, -0.05) is 13.0 Å². The van der Waals surface area contributed by atoms with E-state index in [1.54, 1.807) is 18.2 Å². The van der Waals surface area contributed by atoms with E-state index in [4.69, 9.17) is 24.2 Å². The molecule has 43 heavy (non-hydrogen) atoms. The van der Waals surface area contributed by atoms with Crippen LogP contribution in [0.25, 0.3) is 23.1 Å². The van der Waals surface area contributed by atoms with Crippen molar-refractivity contribution in [3.8, 4) is 11.5 Å². The largest absolute Gasteiger partial charge is 0.494 e. The quantitative estimate of drug-likeness (QED) is 0.324. The summed E-state index contributed by atoms with van der Waals surface area (Å²) in [5, 5.41) is 0.879. The molecule has 1 atom stereocenters. The molecule has 0 bridgehead atoms. The minimum atomic E-state index is -0.523. The highest BCUT2D eigenvalue weighted by atomic mass is 19.1. The van der Waals surface area contributed by atoms with Crippen molar-refractivity contribution in [3.63, 3.8) is 0 Å². The zero-order valence-electron chi connectivity index (χ0n) is 25.0. The third-order valence-electron chi connectivity index (χ3n) is 7.70. The summed E-state index contributed by atoms with van der Waals surface area (Å²) in [5.74, 6) is 1.66. The van der Waals surface area contributed by atoms with Gasteiger partial charge in [-0.25, -0.2) is 14.4 Å². The molecule has 3 aromatic rings. The number of amides is 1. The van der Waals surface area contributed by atoms with E-state index < -0.39 is 5.82 Å². The van der Waals surface area contributed by atoms with E-state index in [0.29, 0.717) is 37.8 Å². The number of carbonyl (C=O) groups is 1. The Labute approximate surface area is 251 Å². The zero-order valence-corrected chi connectivity index (χ0v) is 25.0. The lowest BCUT2D eigenvalue weighted by molar-refractivity contribution is -0.128. The molecule has 1 amide bonds. The minimum Gasteiger partial charge on any atom is -0.494 e. The van der Waals surface area contributed by atoms with Crippen LogP contribution in [0, 0.1) is 5.82 Å². The second-order valence-corrected chi connectivity index (χ2v) is 10.4. The number of fused-ring (bicyclic) bond motifs is 1. The lowest BCUT2D eigenvalue weighted by Crippen LogP contribution is -2.55. The highest BCUT2D eigenvalue weighted by molar-refractivity contribution is 5.92. The van der Waals surface area contributed by atoms with Crippen molar-refractivity contribution >= 4 is 34.8 Å². The van der Waals surface area contributed by atoms with E-state index in [-0.39, 0.29) is 17.7 Å². The van der Waals surface area contributed by atoms with E-state index >= 15 is 0 Å². The van der Waals surface area contributed by atoms with Gasteiger partial charge < -0.3 is 24.0 Å². The Morgan fingerprint density at radius 3 is 2.72 bits per heavy atom. The number of aromatic nitrogens is 3. The van der Waals surface area contributed by atoms with Crippen LogP contribution in [0.4, 0.5) is 10.2 Å². The molecule has 10 nitrogen and oxygen atoms in total. The van der Waals surface area contributed by atoms with Gasteiger partial charge in [0.25, 0.3) is 0 Å². The summed E-state index contributed by atoms with van der Waals surface area (Å²) < 4.78 is 30.1. The number of nitrogens with zero attached hydrogens (tertiary/aromatic N) is 6. The number of pyridine rings is 1. The van der Waals surface area contributed by atoms with Gasteiger partial charge in [-0.05, 0) is 43.7 Å². The maximum atomic E-state index is 13.8. The number of methoxy groups -OCH3 is 1. The van der Waals surface area contributed by atoms with Gasteiger partial charge in [0.2, 0.25) is 5.91 Å². The highest BCUT2D eigenvalue weighted by Crippen LogP contribution is 2.30. The number of piperazine rings is 1. The predicted octanol–water partition coefficient (Wildman–Crippen LogP) is 4.06. The number of benzene rings is 1. The van der Waals surface area contributed by atoms with Crippen LogP contribution < -0.4 is 14.4 Å². The molecule has 2 fully saturated rings. The van der Waals surface area contributed by atoms with E-state index in [1.165, 1.54) is 13.2 Å². The summed E-state index contributed by atoms with van der Waals surface area (Å²) in [6, 6.07) is 7.36. The van der Waals surface area contributed by atoms with Crippen LogP contribution in [0.2, 0.25) is 0 Å². The van der Waals surface area contributed by atoms with Crippen LogP contribution in [-0.4, -0.2) is 103 Å². The molecule has 2 aliphatic heterocycles. The molecule has 228 valence electrons. The molecule has 0 radical (unpaired) electrons. The SMILES string of the molecule is CCOc1ccc2nc(/C=C/c3cc(OC)c(F)cn3)nc(N3CCN(C(=O)/C=C/CN4CCOCC4)[C@@H](CC)C3)c2c1. The van der Waals surface area contributed by atoms with E-state index in [0.717, 1.165) is 67.9 Å². The molecule has 4 heterocycles. The van der Waals surface area contributed by atoms with Gasteiger partial charge >= 0.3 is 0 Å². The second-order valence-electron chi connectivity index (χ2n) is 10.4. The van der Waals surface area contributed by atoms with Crippen molar-refractivity contribution in [1.82, 2.24) is 24.8 Å². The Kier molecular flexibility index (Phi) is 10.2. The van der Waals surface area contributed by atoms with Gasteiger partial charge in [0.15, 0.2) is 17.4 Å². The number of carbonyl (C=O) groups excluding carboxylic acids is 1. The lowest BCUT2D eigenvalue weighted by atomic mass is 10.1. The minimum absolute atomic E-state index is 0.0317. The number of hydrogen-bond donors (Lipinski definition) is 0. The molecular formula is C32H39FN6O4. The average Bonchev–Trinajstić information content (AvgIpc) is 3.04. The first-order valence-electron chi connectivity index (χ1n) is 14.8. The van der Waals surface area contributed by atoms with Gasteiger partial charge in [0.1, 0.15) is 11.6 Å². The highest BCUT2D eigenvalue weighted by Gasteiger charge is 2.30. The first-order valence-corrected chi connectivity index (χ1v) is 14.8. The molecule has 5 rings (SSSR count). The van der Waals surface area contributed by atoms with Crippen LogP contribution in [0.3, 0.4) is 0 Å². The van der Waals surface area contributed by atoms with E-state index in [1.807, 2.05) is 36.1 Å². The molecule has 0 saturated carbocycles. The van der Waals surface area contributed by atoms with E-state index in [9.17, 15) is 9.18 Å². The zero-order chi connectivity index (χ0) is 30.2. The summed E-state index contributed by atoms with van der Waals surface area (Å²) in [7, 11) is 1.42. The number of hydrogen-bond acceptors (Lipinski definition) is 9. The van der Waals surface area contributed by atoms with Crippen molar-refractivity contribution in [1.29, 1.82) is 0 Å². The molecule has 0 unspecified atom stereocenters. The fourth-order valence-corrected chi connectivity index (χ4v) is 5.39. The van der Waals surface area contributed by atoms with Gasteiger partial charge in [0, 0.05) is 62.8 Å². The van der Waals surface area contributed by atoms with Gasteiger partial charge in [0.05, 0.1) is 44.3 Å². The molecule has 0 aliphatic carbocycles. The van der Waals surface area contributed by atoms with Gasteiger partial charge in [-0.2, -0.15) is 0 Å². The topological polar surface area (TPSA) is 93.2 Å². The smallest absolute Gasteiger partial charge is 0.246 e. The first-order chi connectivity index (χ1) is 21.0. The van der Waals surface area contributed by atoms with Crippen molar-refractivity contribution in [2.45, 2.75) is 26.3 Å². The summed E-state index contributed by atoms with van der Waals surface area (Å²) in [4.78, 5) is 33.5.